The molecule has 1 aromatic rings. The quantitative estimate of drug-likeness (QED) is 0.361. The Balaban J connectivity index is 0.00000288. The fourth-order valence-electron chi connectivity index (χ4n) is 2.26. The lowest BCUT2D eigenvalue weighted by atomic mass is 10.4. The number of thiazole rings is 1. The molecule has 2 N–H and O–H groups in total. The first-order valence-corrected chi connectivity index (χ1v) is 8.52. The number of aliphatic imine (C=N–C) groups is 1. The second-order valence-corrected chi connectivity index (χ2v) is 6.28. The molecule has 5 nitrogen and oxygen atoms in total. The molecule has 1 saturated carbocycles. The van der Waals surface area contributed by atoms with E-state index < -0.39 is 11.9 Å². The number of nitrogens with one attached hydrogen (secondary N) is 2. The molecule has 0 bridgehead atoms. The largest absolute Gasteiger partial charge is 0.434 e. The Hall–Kier alpha value is -0.620. The minimum absolute atomic E-state index is 0. The van der Waals surface area contributed by atoms with E-state index in [-0.39, 0.29) is 30.5 Å². The van der Waals surface area contributed by atoms with Gasteiger partial charge in [-0.2, -0.15) is 13.2 Å². The lowest BCUT2D eigenvalue weighted by Gasteiger charge is -2.20. The summed E-state index contributed by atoms with van der Waals surface area (Å²) in [7, 11) is 1.64. The molecule has 0 saturated heterocycles. The zero-order chi connectivity index (χ0) is 16.9. The minimum atomic E-state index is -4.39. The first-order chi connectivity index (χ1) is 10.9. The number of hydrogen-bond acceptors (Lipinski definition) is 4. The molecule has 0 radical (unpaired) electrons. The molecule has 0 atom stereocenters. The van der Waals surface area contributed by atoms with Crippen molar-refractivity contribution in [3.05, 3.63) is 16.1 Å². The SMILES string of the molecule is CCN(CCNC(=NC)NCc1nc(C(F)(F)F)cs1)C1CC1.I. The van der Waals surface area contributed by atoms with Crippen molar-refractivity contribution in [2.75, 3.05) is 26.7 Å². The molecule has 1 aromatic heterocycles. The number of hydrogen-bond donors (Lipinski definition) is 2. The number of alkyl halides is 3. The fourth-order valence-corrected chi connectivity index (χ4v) is 3.00. The van der Waals surface area contributed by atoms with Crippen LogP contribution in [0, 0.1) is 0 Å². The first-order valence-electron chi connectivity index (χ1n) is 7.64. The Bertz CT molecular complexity index is 531. The van der Waals surface area contributed by atoms with Gasteiger partial charge < -0.3 is 10.6 Å². The van der Waals surface area contributed by atoms with Crippen LogP contribution in [0.25, 0.3) is 0 Å². The Kier molecular flexibility index (Phi) is 8.71. The number of halogens is 4. The second-order valence-electron chi connectivity index (χ2n) is 5.34. The Morgan fingerprint density at radius 1 is 1.42 bits per heavy atom. The highest BCUT2D eigenvalue weighted by Gasteiger charge is 2.33. The van der Waals surface area contributed by atoms with E-state index in [0.717, 1.165) is 36.4 Å². The van der Waals surface area contributed by atoms with Crippen LogP contribution in [0.15, 0.2) is 10.4 Å². The Labute approximate surface area is 161 Å². The molecular weight excluding hydrogens is 454 g/mol. The van der Waals surface area contributed by atoms with Crippen molar-refractivity contribution in [3.63, 3.8) is 0 Å². The van der Waals surface area contributed by atoms with Gasteiger partial charge in [-0.15, -0.1) is 35.3 Å². The lowest BCUT2D eigenvalue weighted by Crippen LogP contribution is -2.41. The van der Waals surface area contributed by atoms with E-state index in [9.17, 15) is 13.2 Å². The molecule has 0 spiro atoms. The summed E-state index contributed by atoms with van der Waals surface area (Å²) in [4.78, 5) is 10.1. The van der Waals surface area contributed by atoms with Gasteiger partial charge in [-0.05, 0) is 19.4 Å². The van der Waals surface area contributed by atoms with Gasteiger partial charge >= 0.3 is 6.18 Å². The van der Waals surface area contributed by atoms with Crippen LogP contribution in [0.3, 0.4) is 0 Å². The summed E-state index contributed by atoms with van der Waals surface area (Å²) >= 11 is 0.989. The number of guanidine groups is 1. The van der Waals surface area contributed by atoms with Crippen molar-refractivity contribution in [2.45, 2.75) is 38.5 Å². The molecule has 0 aliphatic heterocycles. The average Bonchev–Trinajstić information content (AvgIpc) is 3.22. The summed E-state index contributed by atoms with van der Waals surface area (Å²) < 4.78 is 37.5. The van der Waals surface area contributed by atoms with Gasteiger partial charge in [-0.3, -0.25) is 9.89 Å². The van der Waals surface area contributed by atoms with Crippen molar-refractivity contribution >= 4 is 41.3 Å². The van der Waals surface area contributed by atoms with Crippen molar-refractivity contribution in [1.82, 2.24) is 20.5 Å². The van der Waals surface area contributed by atoms with E-state index in [1.54, 1.807) is 7.05 Å². The van der Waals surface area contributed by atoms with Crippen molar-refractivity contribution in [3.8, 4) is 0 Å². The van der Waals surface area contributed by atoms with E-state index in [1.165, 1.54) is 12.8 Å². The highest BCUT2D eigenvalue weighted by Crippen LogP contribution is 2.29. The molecule has 1 fully saturated rings. The molecule has 0 amide bonds. The monoisotopic (exact) mass is 477 g/mol. The van der Waals surface area contributed by atoms with Gasteiger partial charge in [-0.1, -0.05) is 6.92 Å². The molecule has 10 heteroatoms. The van der Waals surface area contributed by atoms with E-state index in [4.69, 9.17) is 0 Å². The molecule has 0 unspecified atom stereocenters. The van der Waals surface area contributed by atoms with Crippen LogP contribution in [0.1, 0.15) is 30.5 Å². The Morgan fingerprint density at radius 2 is 2.12 bits per heavy atom. The molecule has 1 aliphatic rings. The van der Waals surface area contributed by atoms with Crippen molar-refractivity contribution in [1.29, 1.82) is 0 Å². The maximum atomic E-state index is 12.5. The number of nitrogens with zero attached hydrogens (tertiary/aromatic N) is 3. The topological polar surface area (TPSA) is 52.5 Å². The van der Waals surface area contributed by atoms with Crippen LogP contribution in [0.5, 0.6) is 0 Å². The van der Waals surface area contributed by atoms with Gasteiger partial charge in [0.15, 0.2) is 11.7 Å². The maximum absolute atomic E-state index is 12.5. The van der Waals surface area contributed by atoms with Crippen molar-refractivity contribution < 1.29 is 13.2 Å². The van der Waals surface area contributed by atoms with Gasteiger partial charge in [0.1, 0.15) is 5.01 Å². The standard InChI is InChI=1S/C14H22F3N5S.HI/c1-3-22(10-4-5-10)7-6-19-13(18-2)20-8-12-21-11(9-23-12)14(15,16)17;/h9-10H,3-8H2,1-2H3,(H2,18,19,20);1H. The third-order valence-corrected chi connectivity index (χ3v) is 4.48. The van der Waals surface area contributed by atoms with Crippen LogP contribution in [0.4, 0.5) is 13.2 Å². The molecule has 1 aliphatic carbocycles. The molecule has 1 heterocycles. The highest BCUT2D eigenvalue weighted by atomic mass is 127. The second kappa shape index (κ2) is 9.76. The maximum Gasteiger partial charge on any atom is 0.434 e. The third-order valence-electron chi connectivity index (χ3n) is 3.63. The van der Waals surface area contributed by atoms with Crippen LogP contribution in [-0.4, -0.2) is 48.6 Å². The normalized spacial score (nSPS) is 15.3. The highest BCUT2D eigenvalue weighted by molar-refractivity contribution is 14.0. The van der Waals surface area contributed by atoms with E-state index in [0.29, 0.717) is 17.0 Å². The number of rotatable bonds is 7. The van der Waals surface area contributed by atoms with Gasteiger partial charge in [0.25, 0.3) is 0 Å². The zero-order valence-electron chi connectivity index (χ0n) is 13.7. The first kappa shape index (κ1) is 21.4. The van der Waals surface area contributed by atoms with E-state index >= 15 is 0 Å². The van der Waals surface area contributed by atoms with E-state index in [1.807, 2.05) is 0 Å². The van der Waals surface area contributed by atoms with Crippen LogP contribution in [0.2, 0.25) is 0 Å². The summed E-state index contributed by atoms with van der Waals surface area (Å²) in [6.07, 6.45) is -1.85. The summed E-state index contributed by atoms with van der Waals surface area (Å²) in [5.74, 6) is 0.570. The van der Waals surface area contributed by atoms with Gasteiger partial charge in [-0.25, -0.2) is 4.98 Å². The summed E-state index contributed by atoms with van der Waals surface area (Å²) in [6, 6.07) is 0.716. The summed E-state index contributed by atoms with van der Waals surface area (Å²) in [5.41, 5.74) is -0.842. The molecular formula is C14H23F3IN5S. The smallest absolute Gasteiger partial charge is 0.355 e. The minimum Gasteiger partial charge on any atom is -0.355 e. The Morgan fingerprint density at radius 3 is 2.62 bits per heavy atom. The lowest BCUT2D eigenvalue weighted by molar-refractivity contribution is -0.140. The predicted octanol–water partition coefficient (Wildman–Crippen LogP) is 2.93. The van der Waals surface area contributed by atoms with Crippen LogP contribution in [-0.2, 0) is 12.7 Å². The molecule has 138 valence electrons. The zero-order valence-corrected chi connectivity index (χ0v) is 16.8. The molecule has 0 aromatic carbocycles. The van der Waals surface area contributed by atoms with Crippen molar-refractivity contribution in [2.24, 2.45) is 4.99 Å². The van der Waals surface area contributed by atoms with Gasteiger partial charge in [0, 0.05) is 31.6 Å². The predicted molar refractivity (Wildman–Crippen MR) is 101 cm³/mol. The summed E-state index contributed by atoms with van der Waals surface area (Å²) in [6.45, 7) is 5.07. The van der Waals surface area contributed by atoms with Gasteiger partial charge in [0.05, 0.1) is 6.54 Å². The average molecular weight is 477 g/mol. The fraction of sp³-hybridized carbons (Fsp3) is 0.714. The molecule has 24 heavy (non-hydrogen) atoms. The van der Waals surface area contributed by atoms with Crippen LogP contribution < -0.4 is 10.6 Å². The third kappa shape index (κ3) is 6.71. The molecule has 2 rings (SSSR count). The number of aromatic nitrogens is 1. The van der Waals surface area contributed by atoms with Gasteiger partial charge in [0.2, 0.25) is 0 Å². The van der Waals surface area contributed by atoms with E-state index in [2.05, 4.69) is 32.4 Å². The van der Waals surface area contributed by atoms with Crippen LogP contribution >= 0.6 is 35.3 Å². The number of likely N-dealkylation sites (N-methyl/N-ethyl adjacent to an activating group) is 1. The summed E-state index contributed by atoms with van der Waals surface area (Å²) in [5, 5.41) is 7.58.